The topological polar surface area (TPSA) is 83.6 Å². The van der Waals surface area contributed by atoms with Crippen molar-refractivity contribution in [1.82, 2.24) is 25.5 Å². The smallest absolute Gasteiger partial charge is 0.282 e. The van der Waals surface area contributed by atoms with Crippen molar-refractivity contribution < 1.29 is 4.79 Å². The van der Waals surface area contributed by atoms with Gasteiger partial charge in [-0.2, -0.15) is 0 Å². The highest BCUT2D eigenvalue weighted by Gasteiger charge is 2.10. The van der Waals surface area contributed by atoms with E-state index in [0.29, 0.717) is 13.0 Å². The molecular weight excluding hydrogens is 250 g/mol. The van der Waals surface area contributed by atoms with E-state index in [-0.39, 0.29) is 15.4 Å². The molecule has 0 saturated heterocycles. The summed E-state index contributed by atoms with van der Waals surface area (Å²) in [6.45, 7) is 0.512. The highest BCUT2D eigenvalue weighted by Crippen LogP contribution is 2.14. The first-order valence-electron chi connectivity index (χ1n) is 4.50. The number of carbonyl (C=O) groups is 1. The van der Waals surface area contributed by atoms with Crippen LogP contribution in [0.3, 0.4) is 0 Å². The third-order valence-electron chi connectivity index (χ3n) is 1.83. The van der Waals surface area contributed by atoms with Crippen molar-refractivity contribution in [2.24, 2.45) is 0 Å². The van der Waals surface area contributed by atoms with Gasteiger partial charge in [-0.3, -0.25) is 4.79 Å². The monoisotopic (exact) mass is 257 g/mol. The molecule has 0 spiro atoms. The largest absolute Gasteiger partial charge is 0.350 e. The summed E-state index contributed by atoms with van der Waals surface area (Å²) >= 11 is 6.63. The Labute approximate surface area is 100 Å². The van der Waals surface area contributed by atoms with E-state index in [0.717, 1.165) is 17.0 Å². The summed E-state index contributed by atoms with van der Waals surface area (Å²) in [5.74, 6) is -0.260. The number of hydrogen-bond donors (Lipinski definition) is 2. The van der Waals surface area contributed by atoms with Crippen LogP contribution in [0, 0.1) is 0 Å². The Balaban J connectivity index is 1.80. The maximum Gasteiger partial charge on any atom is 0.282 e. The van der Waals surface area contributed by atoms with Crippen LogP contribution in [0.15, 0.2) is 12.5 Å². The van der Waals surface area contributed by atoms with E-state index in [9.17, 15) is 4.79 Å². The molecule has 2 heterocycles. The molecule has 0 radical (unpaired) electrons. The van der Waals surface area contributed by atoms with Gasteiger partial charge in [0.25, 0.3) is 5.91 Å². The minimum atomic E-state index is -0.260. The Kier molecular flexibility index (Phi) is 3.47. The highest BCUT2D eigenvalue weighted by atomic mass is 35.5. The number of nitrogens with zero attached hydrogens (tertiary/aromatic N) is 3. The lowest BCUT2D eigenvalue weighted by Crippen LogP contribution is -2.25. The summed E-state index contributed by atoms with van der Waals surface area (Å²) in [5.41, 5.74) is 0.968. The number of halogens is 1. The van der Waals surface area contributed by atoms with Crippen molar-refractivity contribution in [2.75, 3.05) is 6.54 Å². The summed E-state index contributed by atoms with van der Waals surface area (Å²) in [5, 5.41) is 10.2. The summed E-state index contributed by atoms with van der Waals surface area (Å²) in [7, 11) is 0. The minimum absolute atomic E-state index is 0.260. The maximum atomic E-state index is 11.5. The predicted molar refractivity (Wildman–Crippen MR) is 59.5 cm³/mol. The zero-order chi connectivity index (χ0) is 11.4. The zero-order valence-corrected chi connectivity index (χ0v) is 9.68. The van der Waals surface area contributed by atoms with E-state index in [1.54, 1.807) is 12.5 Å². The van der Waals surface area contributed by atoms with Gasteiger partial charge in [0, 0.05) is 24.9 Å². The highest BCUT2D eigenvalue weighted by molar-refractivity contribution is 7.17. The van der Waals surface area contributed by atoms with Gasteiger partial charge in [0.2, 0.25) is 9.47 Å². The Hall–Kier alpha value is -1.47. The van der Waals surface area contributed by atoms with Crippen molar-refractivity contribution >= 4 is 28.8 Å². The molecule has 0 saturated carbocycles. The first-order chi connectivity index (χ1) is 7.75. The van der Waals surface area contributed by atoms with Crippen LogP contribution >= 0.6 is 22.9 Å². The fourth-order valence-corrected chi connectivity index (χ4v) is 1.85. The average Bonchev–Trinajstić information content (AvgIpc) is 2.89. The second kappa shape index (κ2) is 5.04. The number of carbonyl (C=O) groups excluding carboxylic acids is 1. The van der Waals surface area contributed by atoms with Crippen LogP contribution in [-0.4, -0.2) is 32.6 Å². The fraction of sp³-hybridized carbons (Fsp3) is 0.250. The van der Waals surface area contributed by atoms with Crippen LogP contribution < -0.4 is 5.32 Å². The van der Waals surface area contributed by atoms with E-state index in [1.165, 1.54) is 0 Å². The predicted octanol–water partition coefficient (Wildman–Crippen LogP) is 0.887. The summed E-state index contributed by atoms with van der Waals surface area (Å²) in [4.78, 5) is 18.3. The molecule has 0 aromatic carbocycles. The van der Waals surface area contributed by atoms with Crippen LogP contribution in [0.1, 0.15) is 15.5 Å². The number of hydrogen-bond acceptors (Lipinski definition) is 5. The first-order valence-corrected chi connectivity index (χ1v) is 5.69. The van der Waals surface area contributed by atoms with Crippen LogP contribution in [0.2, 0.25) is 4.47 Å². The molecular formula is C8H8ClN5OS. The Morgan fingerprint density at radius 3 is 3.06 bits per heavy atom. The van der Waals surface area contributed by atoms with Gasteiger partial charge in [-0.1, -0.05) is 11.3 Å². The van der Waals surface area contributed by atoms with E-state index >= 15 is 0 Å². The summed E-state index contributed by atoms with van der Waals surface area (Å²) in [6, 6.07) is 0. The van der Waals surface area contributed by atoms with Crippen molar-refractivity contribution in [3.63, 3.8) is 0 Å². The lowest BCUT2D eigenvalue weighted by Gasteiger charge is -2.00. The van der Waals surface area contributed by atoms with Crippen molar-refractivity contribution in [2.45, 2.75) is 6.42 Å². The number of rotatable bonds is 4. The second-order valence-corrected chi connectivity index (χ2v) is 4.50. The Bertz CT molecular complexity index is 468. The van der Waals surface area contributed by atoms with Crippen LogP contribution in [0.25, 0.3) is 0 Å². The first kappa shape index (κ1) is 11.0. The number of aromatic amines is 1. The number of H-pyrrole nitrogens is 1. The molecule has 0 fully saturated rings. The van der Waals surface area contributed by atoms with Gasteiger partial charge in [-0.25, -0.2) is 4.98 Å². The second-order valence-electron chi connectivity index (χ2n) is 2.94. The van der Waals surface area contributed by atoms with Gasteiger partial charge >= 0.3 is 0 Å². The molecule has 1 amide bonds. The molecule has 84 valence electrons. The van der Waals surface area contributed by atoms with Crippen molar-refractivity contribution in [3.8, 4) is 0 Å². The van der Waals surface area contributed by atoms with E-state index in [4.69, 9.17) is 11.6 Å². The standard InChI is InChI=1S/C8H8ClN5OS/c9-8-14-13-7(16-8)6(15)11-2-1-5-3-10-4-12-5/h3-4H,1-2H2,(H,10,12)(H,11,15). The van der Waals surface area contributed by atoms with Gasteiger partial charge in [-0.15, -0.1) is 10.2 Å². The lowest BCUT2D eigenvalue weighted by molar-refractivity contribution is 0.0953. The normalized spacial score (nSPS) is 10.3. The summed E-state index contributed by atoms with van der Waals surface area (Å²) in [6.07, 6.45) is 4.01. The molecule has 0 aliphatic heterocycles. The molecule has 0 bridgehead atoms. The number of aromatic nitrogens is 4. The number of amides is 1. The Morgan fingerprint density at radius 2 is 2.44 bits per heavy atom. The van der Waals surface area contributed by atoms with Gasteiger partial charge in [-0.05, 0) is 11.6 Å². The quantitative estimate of drug-likeness (QED) is 0.852. The van der Waals surface area contributed by atoms with E-state index in [1.807, 2.05) is 0 Å². The van der Waals surface area contributed by atoms with Gasteiger partial charge in [0.15, 0.2) is 0 Å². The zero-order valence-electron chi connectivity index (χ0n) is 8.11. The molecule has 2 aromatic rings. The van der Waals surface area contributed by atoms with Crippen LogP contribution in [0.5, 0.6) is 0 Å². The average molecular weight is 258 g/mol. The van der Waals surface area contributed by atoms with E-state index < -0.39 is 0 Å². The molecule has 2 rings (SSSR count). The van der Waals surface area contributed by atoms with Crippen LogP contribution in [0.4, 0.5) is 0 Å². The third-order valence-corrected chi connectivity index (χ3v) is 2.85. The fourth-order valence-electron chi connectivity index (χ4n) is 1.10. The van der Waals surface area contributed by atoms with Crippen LogP contribution in [-0.2, 0) is 6.42 Å². The summed E-state index contributed by atoms with van der Waals surface area (Å²) < 4.78 is 0.263. The molecule has 16 heavy (non-hydrogen) atoms. The van der Waals surface area contributed by atoms with Crippen molar-refractivity contribution in [3.05, 3.63) is 27.7 Å². The molecule has 0 atom stereocenters. The maximum absolute atomic E-state index is 11.5. The SMILES string of the molecule is O=C(NCCc1cnc[nH]1)c1nnc(Cl)s1. The molecule has 8 heteroatoms. The van der Waals surface area contributed by atoms with Gasteiger partial charge in [0.1, 0.15) is 0 Å². The molecule has 2 aromatic heterocycles. The molecule has 2 N–H and O–H groups in total. The lowest BCUT2D eigenvalue weighted by atomic mass is 10.3. The van der Waals surface area contributed by atoms with Gasteiger partial charge in [0.05, 0.1) is 6.33 Å². The molecule has 6 nitrogen and oxygen atoms in total. The third kappa shape index (κ3) is 2.77. The Morgan fingerprint density at radius 1 is 1.56 bits per heavy atom. The molecule has 0 unspecified atom stereocenters. The minimum Gasteiger partial charge on any atom is -0.350 e. The van der Waals surface area contributed by atoms with Gasteiger partial charge < -0.3 is 10.3 Å². The molecule has 0 aliphatic carbocycles. The molecule has 0 aliphatic rings. The number of nitrogens with one attached hydrogen (secondary N) is 2. The number of imidazole rings is 1. The van der Waals surface area contributed by atoms with E-state index in [2.05, 4.69) is 25.5 Å². The van der Waals surface area contributed by atoms with Crippen molar-refractivity contribution in [1.29, 1.82) is 0 Å².